The van der Waals surface area contributed by atoms with Crippen LogP contribution in [0.3, 0.4) is 0 Å². The van der Waals surface area contributed by atoms with E-state index >= 15 is 0 Å². The van der Waals surface area contributed by atoms with Gasteiger partial charge in [-0.2, -0.15) is 0 Å². The van der Waals surface area contributed by atoms with Gasteiger partial charge in [-0.1, -0.05) is 0 Å². The van der Waals surface area contributed by atoms with Gasteiger partial charge >= 0.3 is 5.97 Å². The van der Waals surface area contributed by atoms with E-state index < -0.39 is 5.97 Å². The minimum atomic E-state index is -0.754. The normalized spacial score (nSPS) is 21.5. The van der Waals surface area contributed by atoms with Crippen molar-refractivity contribution in [2.24, 2.45) is 0 Å². The van der Waals surface area contributed by atoms with Crippen LogP contribution < -0.4 is 0 Å². The van der Waals surface area contributed by atoms with Crippen LogP contribution in [0.5, 0.6) is 0 Å². The van der Waals surface area contributed by atoms with Gasteiger partial charge < -0.3 is 9.84 Å². The molecule has 15 heavy (non-hydrogen) atoms. The summed E-state index contributed by atoms with van der Waals surface area (Å²) in [5.41, 5.74) is 0. The molecule has 1 fully saturated rings. The maximum absolute atomic E-state index is 10.6. The maximum Gasteiger partial charge on any atom is 0.317 e. The molecule has 0 spiro atoms. The molecule has 1 saturated heterocycles. The predicted octanol–water partition coefficient (Wildman–Crippen LogP) is 1.35. The van der Waals surface area contributed by atoms with Gasteiger partial charge in [-0.05, 0) is 33.1 Å². The maximum atomic E-state index is 10.6. The zero-order chi connectivity index (χ0) is 11.3. The highest BCUT2D eigenvalue weighted by Crippen LogP contribution is 2.16. The van der Waals surface area contributed by atoms with Gasteiger partial charge in [0.25, 0.3) is 0 Å². The zero-order valence-corrected chi connectivity index (χ0v) is 9.61. The van der Waals surface area contributed by atoms with Crippen LogP contribution in [0.2, 0.25) is 0 Å². The Kier molecular flexibility index (Phi) is 5.05. The number of aliphatic carboxylic acids is 1. The Labute approximate surface area is 91.2 Å². The van der Waals surface area contributed by atoms with Gasteiger partial charge in [0.15, 0.2) is 0 Å². The van der Waals surface area contributed by atoms with E-state index in [0.29, 0.717) is 6.10 Å². The highest BCUT2D eigenvalue weighted by atomic mass is 16.5. The van der Waals surface area contributed by atoms with Crippen LogP contribution in [0.4, 0.5) is 0 Å². The van der Waals surface area contributed by atoms with E-state index in [9.17, 15) is 4.79 Å². The van der Waals surface area contributed by atoms with Crippen molar-refractivity contribution in [1.29, 1.82) is 0 Å². The van der Waals surface area contributed by atoms with Gasteiger partial charge in [0.1, 0.15) is 0 Å². The molecule has 1 N–H and O–H groups in total. The predicted molar refractivity (Wildman–Crippen MR) is 57.9 cm³/mol. The first kappa shape index (κ1) is 12.5. The lowest BCUT2D eigenvalue weighted by molar-refractivity contribution is -0.138. The molecule has 88 valence electrons. The quantitative estimate of drug-likeness (QED) is 0.726. The molecule has 0 radical (unpaired) electrons. The molecule has 1 atom stereocenters. The number of hydrogen-bond acceptors (Lipinski definition) is 3. The third-order valence-corrected chi connectivity index (χ3v) is 2.83. The Morgan fingerprint density at radius 3 is 2.80 bits per heavy atom. The fourth-order valence-corrected chi connectivity index (χ4v) is 1.88. The molecule has 0 aromatic heterocycles. The third kappa shape index (κ3) is 4.62. The molecule has 0 amide bonds. The van der Waals surface area contributed by atoms with E-state index in [0.717, 1.165) is 32.4 Å². The molecule has 1 unspecified atom stereocenters. The molecule has 1 aliphatic heterocycles. The lowest BCUT2D eigenvalue weighted by Gasteiger charge is -2.25. The van der Waals surface area contributed by atoms with E-state index in [1.807, 2.05) is 18.7 Å². The number of nitrogens with zero attached hydrogens (tertiary/aromatic N) is 1. The van der Waals surface area contributed by atoms with Crippen molar-refractivity contribution < 1.29 is 14.6 Å². The average molecular weight is 215 g/mol. The van der Waals surface area contributed by atoms with Gasteiger partial charge in [0, 0.05) is 19.2 Å². The van der Waals surface area contributed by atoms with Gasteiger partial charge in [0.05, 0.1) is 12.6 Å². The third-order valence-electron chi connectivity index (χ3n) is 2.83. The van der Waals surface area contributed by atoms with E-state index in [2.05, 4.69) is 0 Å². The summed E-state index contributed by atoms with van der Waals surface area (Å²) in [7, 11) is 0. The lowest BCUT2D eigenvalue weighted by Crippen LogP contribution is -2.37. The molecule has 0 bridgehead atoms. The summed E-state index contributed by atoms with van der Waals surface area (Å²) in [6.07, 6.45) is 3.57. The number of hydrogen-bond donors (Lipinski definition) is 1. The Hall–Kier alpha value is -0.610. The van der Waals surface area contributed by atoms with Crippen LogP contribution in [-0.4, -0.2) is 47.8 Å². The number of rotatable bonds is 6. The van der Waals surface area contributed by atoms with E-state index in [1.54, 1.807) is 0 Å². The van der Waals surface area contributed by atoms with Gasteiger partial charge in [0.2, 0.25) is 0 Å². The monoisotopic (exact) mass is 215 g/mol. The zero-order valence-electron chi connectivity index (χ0n) is 9.61. The summed E-state index contributed by atoms with van der Waals surface area (Å²) in [4.78, 5) is 12.6. The van der Waals surface area contributed by atoms with Crippen molar-refractivity contribution in [3.05, 3.63) is 0 Å². The summed E-state index contributed by atoms with van der Waals surface area (Å²) in [5, 5.41) is 8.75. The number of carboxylic acids is 1. The van der Waals surface area contributed by atoms with E-state index in [4.69, 9.17) is 9.84 Å². The summed E-state index contributed by atoms with van der Waals surface area (Å²) in [5.74, 6) is -0.754. The van der Waals surface area contributed by atoms with Crippen LogP contribution in [0, 0.1) is 0 Å². The molecule has 1 rings (SSSR count). The largest absolute Gasteiger partial charge is 0.480 e. The van der Waals surface area contributed by atoms with Crippen LogP contribution in [0.15, 0.2) is 0 Å². The summed E-state index contributed by atoms with van der Waals surface area (Å²) >= 11 is 0. The number of ether oxygens (including phenoxy) is 1. The Morgan fingerprint density at radius 2 is 2.33 bits per heavy atom. The molecule has 1 aliphatic rings. The van der Waals surface area contributed by atoms with Gasteiger partial charge in [-0.3, -0.25) is 9.69 Å². The van der Waals surface area contributed by atoms with Crippen LogP contribution >= 0.6 is 0 Å². The summed E-state index contributed by atoms with van der Waals surface area (Å²) in [6.45, 7) is 5.86. The lowest BCUT2D eigenvalue weighted by atomic mass is 10.1. The molecule has 0 aromatic rings. The highest BCUT2D eigenvalue weighted by molar-refractivity contribution is 5.69. The molecule has 4 nitrogen and oxygen atoms in total. The Morgan fingerprint density at radius 1 is 1.60 bits per heavy atom. The van der Waals surface area contributed by atoms with Crippen molar-refractivity contribution in [3.8, 4) is 0 Å². The Balaban J connectivity index is 2.27. The van der Waals surface area contributed by atoms with E-state index in [-0.39, 0.29) is 12.6 Å². The van der Waals surface area contributed by atoms with Crippen LogP contribution in [0.25, 0.3) is 0 Å². The topological polar surface area (TPSA) is 49.8 Å². The first-order valence-electron chi connectivity index (χ1n) is 5.67. The van der Waals surface area contributed by atoms with Crippen molar-refractivity contribution >= 4 is 5.97 Å². The standard InChI is InChI=1S/C11H21NO3/c1-9(2)12(8-11(13)14)6-5-10-4-3-7-15-10/h9-10H,3-8H2,1-2H3,(H,13,14). The minimum absolute atomic E-state index is 0.129. The van der Waals surface area contributed by atoms with Gasteiger partial charge in [-0.25, -0.2) is 0 Å². The first-order chi connectivity index (χ1) is 7.09. The first-order valence-corrected chi connectivity index (χ1v) is 5.67. The number of carboxylic acid groups (broad SMARTS) is 1. The molecule has 0 saturated carbocycles. The molecule has 0 aliphatic carbocycles. The fraction of sp³-hybridized carbons (Fsp3) is 0.909. The number of carbonyl (C=O) groups is 1. The van der Waals surface area contributed by atoms with Crippen molar-refractivity contribution in [2.45, 2.75) is 45.3 Å². The summed E-state index contributed by atoms with van der Waals surface area (Å²) < 4.78 is 5.51. The molecular weight excluding hydrogens is 194 g/mol. The SMILES string of the molecule is CC(C)N(CCC1CCCO1)CC(=O)O. The van der Waals surface area contributed by atoms with Crippen LogP contribution in [0.1, 0.15) is 33.1 Å². The Bertz CT molecular complexity index is 200. The van der Waals surface area contributed by atoms with Crippen molar-refractivity contribution in [1.82, 2.24) is 4.90 Å². The second-order valence-corrected chi connectivity index (χ2v) is 4.38. The minimum Gasteiger partial charge on any atom is -0.480 e. The van der Waals surface area contributed by atoms with Crippen molar-refractivity contribution in [3.63, 3.8) is 0 Å². The molecule has 4 heteroatoms. The second-order valence-electron chi connectivity index (χ2n) is 4.38. The molecular formula is C11H21NO3. The summed E-state index contributed by atoms with van der Waals surface area (Å²) in [6, 6.07) is 0.280. The average Bonchev–Trinajstić information content (AvgIpc) is 2.63. The van der Waals surface area contributed by atoms with Crippen LogP contribution in [-0.2, 0) is 9.53 Å². The van der Waals surface area contributed by atoms with Crippen molar-refractivity contribution in [2.75, 3.05) is 19.7 Å². The molecule has 1 heterocycles. The van der Waals surface area contributed by atoms with Gasteiger partial charge in [-0.15, -0.1) is 0 Å². The highest BCUT2D eigenvalue weighted by Gasteiger charge is 2.19. The molecule has 0 aromatic carbocycles. The smallest absolute Gasteiger partial charge is 0.317 e. The van der Waals surface area contributed by atoms with E-state index in [1.165, 1.54) is 0 Å². The fourth-order valence-electron chi connectivity index (χ4n) is 1.88. The second kappa shape index (κ2) is 6.08.